The number of halogens is 1. The summed E-state index contributed by atoms with van der Waals surface area (Å²) in [4.78, 5) is 41.7. The molecular weight excluding hydrogens is 450 g/mol. The van der Waals surface area contributed by atoms with Crippen LogP contribution in [0, 0.1) is 5.92 Å². The third-order valence-corrected chi connectivity index (χ3v) is 5.53. The lowest BCUT2D eigenvalue weighted by Gasteiger charge is -2.22. The van der Waals surface area contributed by atoms with Crippen molar-refractivity contribution in [2.45, 2.75) is 32.1 Å². The van der Waals surface area contributed by atoms with Crippen LogP contribution in [0.5, 0.6) is 11.5 Å². The molecule has 1 heterocycles. The SMILES string of the molecule is COc1cc(NC(=O)C2CCCCC2)c(C(=O)OCC(=O)Nc2ccc(Cl)cn2)cc1OC. The number of carbonyl (C=O) groups is 3. The molecule has 1 aliphatic carbocycles. The van der Waals surface area contributed by atoms with E-state index in [0.717, 1.165) is 32.1 Å². The van der Waals surface area contributed by atoms with E-state index in [2.05, 4.69) is 15.6 Å². The summed E-state index contributed by atoms with van der Waals surface area (Å²) in [5, 5.41) is 5.75. The van der Waals surface area contributed by atoms with E-state index in [-0.39, 0.29) is 34.6 Å². The molecule has 9 nitrogen and oxygen atoms in total. The van der Waals surface area contributed by atoms with Crippen LogP contribution in [0.4, 0.5) is 11.5 Å². The zero-order valence-electron chi connectivity index (χ0n) is 18.5. The van der Waals surface area contributed by atoms with Gasteiger partial charge in [-0.3, -0.25) is 9.59 Å². The Bertz CT molecular complexity index is 1010. The van der Waals surface area contributed by atoms with Gasteiger partial charge in [0.2, 0.25) is 5.91 Å². The third kappa shape index (κ3) is 6.58. The normalized spacial score (nSPS) is 13.7. The lowest BCUT2D eigenvalue weighted by molar-refractivity contribution is -0.121. The highest BCUT2D eigenvalue weighted by Gasteiger charge is 2.25. The van der Waals surface area contributed by atoms with Crippen LogP contribution in [0.25, 0.3) is 0 Å². The smallest absolute Gasteiger partial charge is 0.340 e. The predicted molar refractivity (Wildman–Crippen MR) is 123 cm³/mol. The maximum absolute atomic E-state index is 12.8. The fourth-order valence-corrected chi connectivity index (χ4v) is 3.70. The molecule has 10 heteroatoms. The number of hydrogen-bond acceptors (Lipinski definition) is 7. The van der Waals surface area contributed by atoms with E-state index in [4.69, 9.17) is 25.8 Å². The second kappa shape index (κ2) is 11.5. The summed E-state index contributed by atoms with van der Waals surface area (Å²) in [5.74, 6) is -0.752. The van der Waals surface area contributed by atoms with Crippen LogP contribution in [0.1, 0.15) is 42.5 Å². The number of aromatic nitrogens is 1. The zero-order chi connectivity index (χ0) is 23.8. The van der Waals surface area contributed by atoms with E-state index in [1.807, 2.05) is 0 Å². The number of amides is 2. The number of esters is 1. The molecule has 1 aliphatic rings. The maximum atomic E-state index is 12.8. The molecule has 1 fully saturated rings. The highest BCUT2D eigenvalue weighted by Crippen LogP contribution is 2.35. The first-order chi connectivity index (χ1) is 15.9. The minimum Gasteiger partial charge on any atom is -0.493 e. The molecule has 2 amide bonds. The number of ether oxygens (including phenoxy) is 3. The second-order valence-corrected chi connectivity index (χ2v) is 8.00. The van der Waals surface area contributed by atoms with Crippen molar-refractivity contribution in [2.75, 3.05) is 31.5 Å². The highest BCUT2D eigenvalue weighted by molar-refractivity contribution is 6.30. The van der Waals surface area contributed by atoms with Crippen LogP contribution < -0.4 is 20.1 Å². The van der Waals surface area contributed by atoms with Gasteiger partial charge in [-0.25, -0.2) is 9.78 Å². The molecule has 1 aromatic heterocycles. The van der Waals surface area contributed by atoms with Crippen molar-refractivity contribution in [3.8, 4) is 11.5 Å². The number of hydrogen-bond donors (Lipinski definition) is 2. The molecule has 1 aromatic carbocycles. The van der Waals surface area contributed by atoms with Crippen LogP contribution in [0.2, 0.25) is 5.02 Å². The number of anilines is 2. The summed E-state index contributed by atoms with van der Waals surface area (Å²) in [6.45, 7) is -0.548. The van der Waals surface area contributed by atoms with Crippen LogP contribution in [0.3, 0.4) is 0 Å². The molecule has 1 saturated carbocycles. The molecule has 33 heavy (non-hydrogen) atoms. The summed E-state index contributed by atoms with van der Waals surface area (Å²) < 4.78 is 15.8. The zero-order valence-corrected chi connectivity index (χ0v) is 19.2. The quantitative estimate of drug-likeness (QED) is 0.553. The van der Waals surface area contributed by atoms with Gasteiger partial charge in [-0.05, 0) is 25.0 Å². The molecule has 0 aliphatic heterocycles. The fraction of sp³-hybridized carbons (Fsp3) is 0.391. The van der Waals surface area contributed by atoms with Gasteiger partial charge >= 0.3 is 5.97 Å². The van der Waals surface area contributed by atoms with E-state index >= 15 is 0 Å². The Kier molecular flexibility index (Phi) is 8.48. The molecule has 2 N–H and O–H groups in total. The largest absolute Gasteiger partial charge is 0.493 e. The summed E-state index contributed by atoms with van der Waals surface area (Å²) in [6, 6.07) is 6.01. The van der Waals surface area contributed by atoms with E-state index in [0.29, 0.717) is 10.8 Å². The van der Waals surface area contributed by atoms with Gasteiger partial charge in [0.25, 0.3) is 5.91 Å². The van der Waals surface area contributed by atoms with E-state index in [1.165, 1.54) is 38.6 Å². The second-order valence-electron chi connectivity index (χ2n) is 7.56. The molecule has 0 atom stereocenters. The first-order valence-electron chi connectivity index (χ1n) is 10.6. The van der Waals surface area contributed by atoms with Gasteiger partial charge in [0.05, 0.1) is 30.5 Å². The Balaban J connectivity index is 1.73. The van der Waals surface area contributed by atoms with Crippen LogP contribution in [0.15, 0.2) is 30.5 Å². The lowest BCUT2D eigenvalue weighted by atomic mass is 9.88. The van der Waals surface area contributed by atoms with Gasteiger partial charge < -0.3 is 24.8 Å². The van der Waals surface area contributed by atoms with Gasteiger partial charge in [-0.2, -0.15) is 0 Å². The minimum atomic E-state index is -0.797. The number of pyridine rings is 1. The van der Waals surface area contributed by atoms with Crippen molar-refractivity contribution >= 4 is 40.9 Å². The van der Waals surface area contributed by atoms with Crippen LogP contribution in [-0.2, 0) is 14.3 Å². The standard InChI is InChI=1S/C23H26ClN3O6/c1-31-18-10-16(23(30)33-13-21(28)27-20-9-8-15(24)12-25-20)17(11-19(18)32-2)26-22(29)14-6-4-3-5-7-14/h8-12,14H,3-7,13H2,1-2H3,(H,26,29)(H,25,27,28). The highest BCUT2D eigenvalue weighted by atomic mass is 35.5. The molecule has 176 valence electrons. The Hall–Kier alpha value is -3.33. The third-order valence-electron chi connectivity index (χ3n) is 5.31. The number of nitrogens with zero attached hydrogens (tertiary/aromatic N) is 1. The Morgan fingerprint density at radius 2 is 1.73 bits per heavy atom. The Morgan fingerprint density at radius 3 is 2.36 bits per heavy atom. The summed E-state index contributed by atoms with van der Waals surface area (Å²) in [7, 11) is 2.89. The average molecular weight is 476 g/mol. The van der Waals surface area contributed by atoms with Crippen LogP contribution >= 0.6 is 11.6 Å². The molecule has 0 bridgehead atoms. The van der Waals surface area contributed by atoms with E-state index in [9.17, 15) is 14.4 Å². The van der Waals surface area contributed by atoms with Gasteiger partial charge in [-0.1, -0.05) is 30.9 Å². The molecule has 0 spiro atoms. The summed E-state index contributed by atoms with van der Waals surface area (Å²) >= 11 is 5.77. The van der Waals surface area contributed by atoms with Crippen LogP contribution in [-0.4, -0.2) is 43.6 Å². The first-order valence-corrected chi connectivity index (χ1v) is 10.9. The first kappa shape index (κ1) is 24.3. The van der Waals surface area contributed by atoms with Crippen molar-refractivity contribution in [3.05, 3.63) is 41.0 Å². The topological polar surface area (TPSA) is 116 Å². The number of rotatable bonds is 8. The van der Waals surface area contributed by atoms with Crippen molar-refractivity contribution in [1.82, 2.24) is 4.98 Å². The number of methoxy groups -OCH3 is 2. The van der Waals surface area contributed by atoms with Gasteiger partial charge in [0.1, 0.15) is 5.82 Å². The van der Waals surface area contributed by atoms with Crippen molar-refractivity contribution in [2.24, 2.45) is 5.92 Å². The van der Waals surface area contributed by atoms with Gasteiger partial charge in [0, 0.05) is 24.2 Å². The maximum Gasteiger partial charge on any atom is 0.340 e. The van der Waals surface area contributed by atoms with Gasteiger partial charge in [0.15, 0.2) is 18.1 Å². The number of nitrogens with one attached hydrogen (secondary N) is 2. The van der Waals surface area contributed by atoms with Crippen molar-refractivity contribution < 1.29 is 28.6 Å². The molecule has 0 unspecified atom stereocenters. The number of benzene rings is 1. The predicted octanol–water partition coefficient (Wildman–Crippen LogP) is 4.07. The summed E-state index contributed by atoms with van der Waals surface area (Å²) in [6.07, 6.45) is 6.10. The Morgan fingerprint density at radius 1 is 1.03 bits per heavy atom. The molecule has 0 saturated heterocycles. The lowest BCUT2D eigenvalue weighted by Crippen LogP contribution is -2.26. The van der Waals surface area contributed by atoms with Crippen molar-refractivity contribution in [3.63, 3.8) is 0 Å². The summed E-state index contributed by atoms with van der Waals surface area (Å²) in [5.41, 5.74) is 0.280. The van der Waals surface area contributed by atoms with E-state index < -0.39 is 18.5 Å². The van der Waals surface area contributed by atoms with E-state index in [1.54, 1.807) is 6.07 Å². The monoisotopic (exact) mass is 475 g/mol. The van der Waals surface area contributed by atoms with Crippen molar-refractivity contribution in [1.29, 1.82) is 0 Å². The van der Waals surface area contributed by atoms with Gasteiger partial charge in [-0.15, -0.1) is 0 Å². The number of carbonyl (C=O) groups excluding carboxylic acids is 3. The molecular formula is C23H26ClN3O6. The molecule has 0 radical (unpaired) electrons. The molecule has 3 rings (SSSR count). The Labute approximate surface area is 196 Å². The fourth-order valence-electron chi connectivity index (χ4n) is 3.59. The average Bonchev–Trinajstić information content (AvgIpc) is 2.84. The molecule has 2 aromatic rings. The minimum absolute atomic E-state index is 0.0502.